The molecule has 0 saturated heterocycles. The number of carbonyl (C=O) groups is 2. The van der Waals surface area contributed by atoms with Gasteiger partial charge >= 0.3 is 5.97 Å². The second-order valence-electron chi connectivity index (χ2n) is 2.32. The smallest absolute Gasteiger partial charge is 0.325 e. The van der Waals surface area contributed by atoms with Crippen LogP contribution < -0.4 is 0 Å². The average molecular weight is 175 g/mol. The molecule has 70 valence electrons. The summed E-state index contributed by atoms with van der Waals surface area (Å²) < 4.78 is 4.53. The molecule has 0 aromatic carbocycles. The number of nitrogens with zero attached hydrogens (tertiary/aromatic N) is 1. The summed E-state index contributed by atoms with van der Waals surface area (Å²) >= 11 is 0. The zero-order chi connectivity index (χ0) is 9.56. The van der Waals surface area contributed by atoms with Crippen molar-refractivity contribution in [2.45, 2.75) is 6.92 Å². The van der Waals surface area contributed by atoms with Crippen molar-refractivity contribution in [1.82, 2.24) is 4.90 Å². The van der Waals surface area contributed by atoms with Crippen LogP contribution in [0.2, 0.25) is 0 Å². The lowest BCUT2D eigenvalue weighted by Gasteiger charge is -2.12. The first-order valence-electron chi connectivity index (χ1n) is 3.56. The molecular weight excluding hydrogens is 162 g/mol. The lowest BCUT2D eigenvalue weighted by atomic mass is 10.5. The van der Waals surface area contributed by atoms with Crippen LogP contribution in [0.15, 0.2) is 0 Å². The van der Waals surface area contributed by atoms with Crippen molar-refractivity contribution in [1.29, 1.82) is 0 Å². The number of ether oxygens (including phenoxy) is 1. The van der Waals surface area contributed by atoms with Gasteiger partial charge in [-0.2, -0.15) is 0 Å². The van der Waals surface area contributed by atoms with Crippen LogP contribution in [0.3, 0.4) is 0 Å². The maximum Gasteiger partial charge on any atom is 0.325 e. The van der Waals surface area contributed by atoms with Gasteiger partial charge in [-0.1, -0.05) is 0 Å². The molecule has 0 unspecified atom stereocenters. The summed E-state index contributed by atoms with van der Waals surface area (Å²) in [6.45, 7) is 1.06. The van der Waals surface area contributed by atoms with Gasteiger partial charge in [0.05, 0.1) is 6.61 Å². The molecule has 5 heteroatoms. The van der Waals surface area contributed by atoms with E-state index in [4.69, 9.17) is 5.11 Å². The Bertz CT molecular complexity index is 169. The fraction of sp³-hybridized carbons (Fsp3) is 0.714. The molecule has 12 heavy (non-hydrogen) atoms. The van der Waals surface area contributed by atoms with Gasteiger partial charge in [0.15, 0.2) is 0 Å². The molecule has 1 N–H and O–H groups in total. The highest BCUT2D eigenvalue weighted by Gasteiger charge is 2.08. The van der Waals surface area contributed by atoms with Crippen molar-refractivity contribution in [2.24, 2.45) is 0 Å². The Labute approximate surface area is 70.9 Å². The third-order valence-electron chi connectivity index (χ3n) is 1.26. The first-order valence-corrected chi connectivity index (χ1v) is 3.56. The van der Waals surface area contributed by atoms with E-state index in [1.165, 1.54) is 18.9 Å². The predicted octanol–water partition coefficient (Wildman–Crippen LogP) is -1.000. The number of aliphatic hydroxyl groups excluding tert-OH is 1. The summed E-state index contributed by atoms with van der Waals surface area (Å²) in [5, 5.41) is 8.30. The average Bonchev–Trinajstić information content (AvgIpc) is 2.00. The Morgan fingerprint density at radius 1 is 1.50 bits per heavy atom. The van der Waals surface area contributed by atoms with Crippen molar-refractivity contribution in [3.8, 4) is 0 Å². The normalized spacial score (nSPS) is 9.25. The molecule has 0 saturated carbocycles. The lowest BCUT2D eigenvalue weighted by Crippen LogP contribution is -2.31. The van der Waals surface area contributed by atoms with Crippen molar-refractivity contribution in [3.05, 3.63) is 0 Å². The molecule has 0 spiro atoms. The summed E-state index contributed by atoms with van der Waals surface area (Å²) in [6.07, 6.45) is 0. The largest absolute Gasteiger partial charge is 0.462 e. The van der Waals surface area contributed by atoms with Crippen LogP contribution in [-0.4, -0.2) is 48.7 Å². The molecule has 0 fully saturated rings. The fourth-order valence-electron chi connectivity index (χ4n) is 0.510. The summed E-state index contributed by atoms with van der Waals surface area (Å²) in [7, 11) is 1.50. The Kier molecular flexibility index (Phi) is 5.03. The van der Waals surface area contributed by atoms with Crippen LogP contribution in [0, 0.1) is 0 Å². The van der Waals surface area contributed by atoms with E-state index < -0.39 is 5.97 Å². The monoisotopic (exact) mass is 175 g/mol. The molecule has 0 rings (SSSR count). The SMILES string of the molecule is CC(=O)N(C)CC(=O)OCCO. The van der Waals surface area contributed by atoms with Crippen LogP contribution in [0.25, 0.3) is 0 Å². The van der Waals surface area contributed by atoms with Gasteiger partial charge < -0.3 is 14.7 Å². The number of esters is 1. The highest BCUT2D eigenvalue weighted by atomic mass is 16.5. The Hall–Kier alpha value is -1.10. The van der Waals surface area contributed by atoms with Gasteiger partial charge in [0, 0.05) is 14.0 Å². The van der Waals surface area contributed by atoms with E-state index in [0.29, 0.717) is 0 Å². The maximum atomic E-state index is 10.8. The van der Waals surface area contributed by atoms with E-state index in [1.54, 1.807) is 0 Å². The number of likely N-dealkylation sites (N-methyl/N-ethyl adjacent to an activating group) is 1. The van der Waals surface area contributed by atoms with Gasteiger partial charge in [0.25, 0.3) is 0 Å². The van der Waals surface area contributed by atoms with E-state index in [1.807, 2.05) is 0 Å². The summed E-state index contributed by atoms with van der Waals surface area (Å²) in [6, 6.07) is 0. The number of amides is 1. The van der Waals surface area contributed by atoms with Gasteiger partial charge in [-0.15, -0.1) is 0 Å². The van der Waals surface area contributed by atoms with Crippen LogP contribution >= 0.6 is 0 Å². The molecule has 0 heterocycles. The van der Waals surface area contributed by atoms with E-state index in [0.717, 1.165) is 0 Å². The zero-order valence-corrected chi connectivity index (χ0v) is 7.24. The van der Waals surface area contributed by atoms with Gasteiger partial charge in [-0.25, -0.2) is 0 Å². The summed E-state index contributed by atoms with van der Waals surface area (Å²) in [4.78, 5) is 22.6. The number of aliphatic hydroxyl groups is 1. The molecule has 0 aromatic rings. The van der Waals surface area contributed by atoms with E-state index in [2.05, 4.69) is 4.74 Å². The molecule has 0 aromatic heterocycles. The van der Waals surface area contributed by atoms with Gasteiger partial charge in [-0.3, -0.25) is 9.59 Å². The molecule has 0 radical (unpaired) electrons. The first kappa shape index (κ1) is 10.9. The number of hydrogen-bond donors (Lipinski definition) is 1. The third kappa shape index (κ3) is 4.68. The molecule has 0 bridgehead atoms. The Morgan fingerprint density at radius 2 is 2.08 bits per heavy atom. The third-order valence-corrected chi connectivity index (χ3v) is 1.26. The van der Waals surface area contributed by atoms with E-state index >= 15 is 0 Å². The van der Waals surface area contributed by atoms with Crippen molar-refractivity contribution in [3.63, 3.8) is 0 Å². The predicted molar refractivity (Wildman–Crippen MR) is 41.4 cm³/mol. The quantitative estimate of drug-likeness (QED) is 0.556. The van der Waals surface area contributed by atoms with Crippen molar-refractivity contribution < 1.29 is 19.4 Å². The molecule has 0 aliphatic carbocycles. The minimum absolute atomic E-state index is 0.0232. The maximum absolute atomic E-state index is 10.8. The molecule has 0 aliphatic rings. The van der Waals surface area contributed by atoms with Gasteiger partial charge in [0.1, 0.15) is 13.2 Å². The minimum Gasteiger partial charge on any atom is -0.462 e. The molecule has 0 atom stereocenters. The van der Waals surface area contributed by atoms with Gasteiger partial charge in [0.2, 0.25) is 5.91 Å². The van der Waals surface area contributed by atoms with Crippen molar-refractivity contribution in [2.75, 3.05) is 26.8 Å². The fourth-order valence-corrected chi connectivity index (χ4v) is 0.510. The summed E-state index contributed by atoms with van der Waals surface area (Å²) in [5.41, 5.74) is 0. The molecule has 0 aliphatic heterocycles. The second-order valence-corrected chi connectivity index (χ2v) is 2.32. The van der Waals surface area contributed by atoms with Crippen molar-refractivity contribution >= 4 is 11.9 Å². The lowest BCUT2D eigenvalue weighted by molar-refractivity contribution is -0.148. The summed E-state index contributed by atoms with van der Waals surface area (Å²) in [5.74, 6) is -0.710. The van der Waals surface area contributed by atoms with E-state index in [-0.39, 0.29) is 25.7 Å². The zero-order valence-electron chi connectivity index (χ0n) is 7.24. The standard InChI is InChI=1S/C7H13NO4/c1-6(10)8(2)5-7(11)12-4-3-9/h9H,3-5H2,1-2H3. The Balaban J connectivity index is 3.61. The second kappa shape index (κ2) is 5.54. The Morgan fingerprint density at radius 3 is 2.50 bits per heavy atom. The number of hydrogen-bond acceptors (Lipinski definition) is 4. The van der Waals surface area contributed by atoms with Crippen LogP contribution in [0.4, 0.5) is 0 Å². The van der Waals surface area contributed by atoms with Crippen LogP contribution in [-0.2, 0) is 14.3 Å². The highest BCUT2D eigenvalue weighted by Crippen LogP contribution is 1.86. The van der Waals surface area contributed by atoms with Crippen LogP contribution in [0.1, 0.15) is 6.92 Å². The molecular formula is C7H13NO4. The number of rotatable bonds is 4. The van der Waals surface area contributed by atoms with Crippen LogP contribution in [0.5, 0.6) is 0 Å². The van der Waals surface area contributed by atoms with E-state index in [9.17, 15) is 9.59 Å². The first-order chi connectivity index (χ1) is 5.57. The minimum atomic E-state index is -0.512. The van der Waals surface area contributed by atoms with Gasteiger partial charge in [-0.05, 0) is 0 Å². The molecule has 5 nitrogen and oxygen atoms in total. The number of carbonyl (C=O) groups excluding carboxylic acids is 2. The highest BCUT2D eigenvalue weighted by molar-refractivity contribution is 5.80. The topological polar surface area (TPSA) is 66.8 Å². The molecule has 1 amide bonds.